The predicted molar refractivity (Wildman–Crippen MR) is 101 cm³/mol. The van der Waals surface area contributed by atoms with Gasteiger partial charge >= 0.3 is 6.18 Å². The summed E-state index contributed by atoms with van der Waals surface area (Å²) in [4.78, 5) is 9.97. The zero-order valence-corrected chi connectivity index (χ0v) is 16.2. The summed E-state index contributed by atoms with van der Waals surface area (Å²) in [6, 6.07) is 7.80. The van der Waals surface area contributed by atoms with Gasteiger partial charge in [0.1, 0.15) is 5.56 Å². The van der Waals surface area contributed by atoms with E-state index in [0.29, 0.717) is 13.0 Å². The van der Waals surface area contributed by atoms with Crippen LogP contribution in [-0.4, -0.2) is 22.6 Å². The molecule has 1 heterocycles. The molecular weight excluding hydrogens is 355 g/mol. The molecular formula is C20H26F3N3O. The summed E-state index contributed by atoms with van der Waals surface area (Å²) in [5.74, 6) is -0.222. The maximum absolute atomic E-state index is 13.3. The predicted octanol–water partition coefficient (Wildman–Crippen LogP) is 5.78. The van der Waals surface area contributed by atoms with Gasteiger partial charge in [-0.1, -0.05) is 38.5 Å². The minimum absolute atomic E-state index is 0.201. The lowest BCUT2D eigenvalue weighted by atomic mass is 10.1. The van der Waals surface area contributed by atoms with Gasteiger partial charge in [0, 0.05) is 18.4 Å². The zero-order valence-electron chi connectivity index (χ0n) is 16.2. The molecule has 1 aromatic carbocycles. The van der Waals surface area contributed by atoms with E-state index >= 15 is 0 Å². The molecule has 0 bridgehead atoms. The molecule has 0 amide bonds. The number of para-hydroxylation sites is 1. The number of ether oxygens (including phenoxy) is 1. The van der Waals surface area contributed by atoms with Crippen LogP contribution in [0.4, 0.5) is 24.8 Å². The Morgan fingerprint density at radius 3 is 2.44 bits per heavy atom. The van der Waals surface area contributed by atoms with Gasteiger partial charge in [-0.25, -0.2) is 4.98 Å². The van der Waals surface area contributed by atoms with Crippen LogP contribution in [0.15, 0.2) is 30.5 Å². The molecule has 1 aromatic heterocycles. The van der Waals surface area contributed by atoms with Crippen molar-refractivity contribution in [2.24, 2.45) is 0 Å². The van der Waals surface area contributed by atoms with E-state index < -0.39 is 17.6 Å². The quantitative estimate of drug-likeness (QED) is 0.581. The van der Waals surface area contributed by atoms with Gasteiger partial charge in [0.05, 0.1) is 6.10 Å². The molecule has 0 N–H and O–H groups in total. The minimum Gasteiger partial charge on any atom is -0.474 e. The molecule has 148 valence electrons. The Bertz CT molecular complexity index is 749. The number of alkyl halides is 3. The van der Waals surface area contributed by atoms with Gasteiger partial charge in [-0.2, -0.15) is 18.2 Å². The topological polar surface area (TPSA) is 38.2 Å². The Hall–Kier alpha value is -2.31. The minimum atomic E-state index is -4.57. The van der Waals surface area contributed by atoms with Crippen LogP contribution >= 0.6 is 0 Å². The van der Waals surface area contributed by atoms with Crippen LogP contribution in [0, 0.1) is 0 Å². The molecule has 0 saturated carbocycles. The van der Waals surface area contributed by atoms with Gasteiger partial charge in [0.25, 0.3) is 0 Å². The SMILES string of the molecule is CCCc1ccccc1N(CC)c1ncc(C(F)(F)F)c(OC(C)CC)n1. The Kier molecular flexibility index (Phi) is 7.05. The molecule has 7 heteroatoms. The summed E-state index contributed by atoms with van der Waals surface area (Å²) in [5, 5.41) is 0. The summed E-state index contributed by atoms with van der Waals surface area (Å²) in [6.07, 6.45) is -1.73. The molecule has 2 rings (SSSR count). The maximum atomic E-state index is 13.3. The fraction of sp³-hybridized carbons (Fsp3) is 0.500. The number of nitrogens with zero attached hydrogens (tertiary/aromatic N) is 3. The second-order valence-electron chi connectivity index (χ2n) is 6.35. The van der Waals surface area contributed by atoms with Crippen LogP contribution in [0.3, 0.4) is 0 Å². The second kappa shape index (κ2) is 9.06. The zero-order chi connectivity index (χ0) is 20.0. The number of rotatable bonds is 8. The lowest BCUT2D eigenvalue weighted by molar-refractivity contribution is -0.139. The normalized spacial score (nSPS) is 12.7. The summed E-state index contributed by atoms with van der Waals surface area (Å²) in [7, 11) is 0. The Labute approximate surface area is 158 Å². The summed E-state index contributed by atoms with van der Waals surface area (Å²) in [5.41, 5.74) is 1.05. The van der Waals surface area contributed by atoms with Crippen molar-refractivity contribution in [3.8, 4) is 5.88 Å². The summed E-state index contributed by atoms with van der Waals surface area (Å²) < 4.78 is 45.5. The average molecular weight is 381 g/mol. The van der Waals surface area contributed by atoms with Gasteiger partial charge in [0.15, 0.2) is 0 Å². The molecule has 0 saturated heterocycles. The first-order valence-electron chi connectivity index (χ1n) is 9.28. The third kappa shape index (κ3) is 5.11. The van der Waals surface area contributed by atoms with E-state index in [1.165, 1.54) is 0 Å². The Morgan fingerprint density at radius 1 is 1.15 bits per heavy atom. The van der Waals surface area contributed by atoms with Crippen molar-refractivity contribution in [1.29, 1.82) is 0 Å². The number of halogens is 3. The number of hydrogen-bond donors (Lipinski definition) is 0. The first-order chi connectivity index (χ1) is 12.8. The van der Waals surface area contributed by atoms with E-state index in [2.05, 4.69) is 16.9 Å². The highest BCUT2D eigenvalue weighted by molar-refractivity contribution is 5.62. The number of hydrogen-bond acceptors (Lipinski definition) is 4. The van der Waals surface area contributed by atoms with Gasteiger partial charge in [-0.15, -0.1) is 0 Å². The monoisotopic (exact) mass is 381 g/mol. The van der Waals surface area contributed by atoms with E-state index in [-0.39, 0.29) is 12.1 Å². The van der Waals surface area contributed by atoms with Crippen molar-refractivity contribution >= 4 is 11.6 Å². The molecule has 27 heavy (non-hydrogen) atoms. The van der Waals surface area contributed by atoms with Crippen molar-refractivity contribution < 1.29 is 17.9 Å². The lowest BCUT2D eigenvalue weighted by Crippen LogP contribution is -2.23. The highest BCUT2D eigenvalue weighted by Crippen LogP contribution is 2.37. The van der Waals surface area contributed by atoms with Crippen molar-refractivity contribution in [1.82, 2.24) is 9.97 Å². The number of benzene rings is 1. The highest BCUT2D eigenvalue weighted by Gasteiger charge is 2.37. The van der Waals surface area contributed by atoms with Crippen LogP contribution in [0.1, 0.15) is 51.7 Å². The first kappa shape index (κ1) is 21.0. The van der Waals surface area contributed by atoms with Crippen molar-refractivity contribution in [3.05, 3.63) is 41.6 Å². The molecule has 0 aliphatic carbocycles. The van der Waals surface area contributed by atoms with E-state index in [1.807, 2.05) is 43.0 Å². The number of anilines is 2. The second-order valence-corrected chi connectivity index (χ2v) is 6.35. The molecule has 0 spiro atoms. The highest BCUT2D eigenvalue weighted by atomic mass is 19.4. The molecule has 0 aliphatic rings. The smallest absolute Gasteiger partial charge is 0.423 e. The van der Waals surface area contributed by atoms with Crippen LogP contribution in [-0.2, 0) is 12.6 Å². The first-order valence-corrected chi connectivity index (χ1v) is 9.28. The van der Waals surface area contributed by atoms with Crippen molar-refractivity contribution in [3.63, 3.8) is 0 Å². The van der Waals surface area contributed by atoms with Crippen molar-refractivity contribution in [2.45, 2.75) is 59.2 Å². The maximum Gasteiger partial charge on any atom is 0.423 e. The summed E-state index contributed by atoms with van der Waals surface area (Å²) in [6.45, 7) is 8.09. The molecule has 0 fully saturated rings. The van der Waals surface area contributed by atoms with Gasteiger partial charge in [-0.05, 0) is 38.3 Å². The van der Waals surface area contributed by atoms with Gasteiger partial charge in [0.2, 0.25) is 11.8 Å². The molecule has 2 aromatic rings. The molecule has 1 atom stereocenters. The Balaban J connectivity index is 2.51. The van der Waals surface area contributed by atoms with E-state index in [9.17, 15) is 13.2 Å². The van der Waals surface area contributed by atoms with Crippen LogP contribution < -0.4 is 9.64 Å². The van der Waals surface area contributed by atoms with Gasteiger partial charge in [-0.3, -0.25) is 0 Å². The van der Waals surface area contributed by atoms with E-state index in [4.69, 9.17) is 4.74 Å². The standard InChI is InChI=1S/C20H26F3N3O/c1-5-10-15-11-8-9-12-17(15)26(7-3)19-24-13-16(20(21,22)23)18(25-19)27-14(4)6-2/h8-9,11-14H,5-7,10H2,1-4H3. The Morgan fingerprint density at radius 2 is 1.85 bits per heavy atom. The average Bonchev–Trinajstić information content (AvgIpc) is 2.63. The van der Waals surface area contributed by atoms with Crippen LogP contribution in [0.25, 0.3) is 0 Å². The van der Waals surface area contributed by atoms with E-state index in [0.717, 1.165) is 30.3 Å². The summed E-state index contributed by atoms with van der Waals surface area (Å²) >= 11 is 0. The third-order valence-corrected chi connectivity index (χ3v) is 4.29. The third-order valence-electron chi connectivity index (χ3n) is 4.29. The van der Waals surface area contributed by atoms with Crippen molar-refractivity contribution in [2.75, 3.05) is 11.4 Å². The molecule has 0 radical (unpaired) electrons. The molecule has 0 aliphatic heterocycles. The fourth-order valence-electron chi connectivity index (χ4n) is 2.72. The van der Waals surface area contributed by atoms with E-state index in [1.54, 1.807) is 6.92 Å². The number of aryl methyl sites for hydroxylation is 1. The fourth-order valence-corrected chi connectivity index (χ4v) is 2.72. The van der Waals surface area contributed by atoms with Crippen LogP contribution in [0.5, 0.6) is 5.88 Å². The molecule has 4 nitrogen and oxygen atoms in total. The number of aromatic nitrogens is 2. The van der Waals surface area contributed by atoms with Gasteiger partial charge < -0.3 is 9.64 Å². The lowest BCUT2D eigenvalue weighted by Gasteiger charge is -2.25. The largest absolute Gasteiger partial charge is 0.474 e. The van der Waals surface area contributed by atoms with Crippen LogP contribution in [0.2, 0.25) is 0 Å². The molecule has 1 unspecified atom stereocenters.